The molecule has 1 aromatic carbocycles. The second-order valence-electron chi connectivity index (χ2n) is 4.17. The molecular weight excluding hydrogens is 269 g/mol. The van der Waals surface area contributed by atoms with Gasteiger partial charge in [0.15, 0.2) is 0 Å². The van der Waals surface area contributed by atoms with Crippen LogP contribution in [0.4, 0.5) is 14.9 Å². The van der Waals surface area contributed by atoms with Crippen molar-refractivity contribution in [2.45, 2.75) is 0 Å². The number of anilines is 1. The van der Waals surface area contributed by atoms with Crippen LogP contribution < -0.4 is 10.7 Å². The summed E-state index contributed by atoms with van der Waals surface area (Å²) in [6.45, 7) is 2.13. The zero-order chi connectivity index (χ0) is 14.5. The molecule has 0 spiro atoms. The highest BCUT2D eigenvalue weighted by molar-refractivity contribution is 5.91. The fourth-order valence-corrected chi connectivity index (χ4v) is 1.72. The minimum absolute atomic E-state index is 0.0826. The summed E-state index contributed by atoms with van der Waals surface area (Å²) in [7, 11) is 0. The number of carbonyl (C=O) groups is 2. The van der Waals surface area contributed by atoms with E-state index >= 15 is 0 Å². The average molecular weight is 283 g/mol. The van der Waals surface area contributed by atoms with Gasteiger partial charge in [-0.1, -0.05) is 0 Å². The van der Waals surface area contributed by atoms with Crippen molar-refractivity contribution in [3.05, 3.63) is 29.6 Å². The lowest BCUT2D eigenvalue weighted by Crippen LogP contribution is -2.49. The molecule has 0 saturated carbocycles. The Morgan fingerprint density at radius 1 is 1.30 bits per heavy atom. The van der Waals surface area contributed by atoms with E-state index in [4.69, 9.17) is 9.84 Å². The van der Waals surface area contributed by atoms with Gasteiger partial charge in [0, 0.05) is 13.1 Å². The van der Waals surface area contributed by atoms with Gasteiger partial charge in [-0.05, 0) is 18.2 Å². The van der Waals surface area contributed by atoms with Crippen LogP contribution in [0.5, 0.6) is 0 Å². The number of carboxylic acids is 1. The van der Waals surface area contributed by atoms with Crippen LogP contribution in [0.15, 0.2) is 18.2 Å². The van der Waals surface area contributed by atoms with E-state index in [2.05, 4.69) is 10.7 Å². The molecule has 108 valence electrons. The lowest BCUT2D eigenvalue weighted by molar-refractivity contribution is 0.0207. The maximum Gasteiger partial charge on any atom is 0.335 e. The van der Waals surface area contributed by atoms with Gasteiger partial charge in [-0.15, -0.1) is 0 Å². The van der Waals surface area contributed by atoms with Crippen molar-refractivity contribution < 1.29 is 23.8 Å². The smallest absolute Gasteiger partial charge is 0.335 e. The van der Waals surface area contributed by atoms with Crippen molar-refractivity contribution in [3.8, 4) is 0 Å². The molecule has 0 aliphatic carbocycles. The van der Waals surface area contributed by atoms with Crippen LogP contribution in [0, 0.1) is 5.82 Å². The molecule has 1 fully saturated rings. The fraction of sp³-hybridized carbons (Fsp3) is 0.333. The monoisotopic (exact) mass is 283 g/mol. The van der Waals surface area contributed by atoms with E-state index < -0.39 is 17.8 Å². The molecule has 0 aromatic heterocycles. The third-order valence-electron chi connectivity index (χ3n) is 2.73. The SMILES string of the molecule is O=C(Nc1ccc(C(=O)O)cc1F)NN1CCOCC1. The number of carboxylic acid groups (broad SMARTS) is 1. The maximum absolute atomic E-state index is 13.6. The number of aromatic carboxylic acids is 1. The summed E-state index contributed by atoms with van der Waals surface area (Å²) in [5.41, 5.74) is 2.29. The molecule has 1 aromatic rings. The number of hydrogen-bond donors (Lipinski definition) is 3. The van der Waals surface area contributed by atoms with Crippen molar-refractivity contribution in [2.75, 3.05) is 31.6 Å². The molecular formula is C12H14FN3O4. The number of ether oxygens (including phenoxy) is 1. The van der Waals surface area contributed by atoms with Crippen LogP contribution in [-0.2, 0) is 4.74 Å². The van der Waals surface area contributed by atoms with Crippen molar-refractivity contribution >= 4 is 17.7 Å². The summed E-state index contributed by atoms with van der Waals surface area (Å²) in [6, 6.07) is 2.69. The van der Waals surface area contributed by atoms with E-state index in [1.807, 2.05) is 0 Å². The molecule has 7 nitrogen and oxygen atoms in total. The second-order valence-corrected chi connectivity index (χ2v) is 4.17. The van der Waals surface area contributed by atoms with Crippen molar-refractivity contribution in [2.24, 2.45) is 0 Å². The van der Waals surface area contributed by atoms with Gasteiger partial charge in [-0.3, -0.25) is 5.43 Å². The molecule has 8 heteroatoms. The van der Waals surface area contributed by atoms with Gasteiger partial charge < -0.3 is 15.2 Å². The van der Waals surface area contributed by atoms with E-state index in [-0.39, 0.29) is 11.3 Å². The zero-order valence-corrected chi connectivity index (χ0v) is 10.6. The first-order valence-electron chi connectivity index (χ1n) is 5.99. The molecule has 1 heterocycles. The third kappa shape index (κ3) is 3.65. The van der Waals surface area contributed by atoms with Gasteiger partial charge in [-0.25, -0.2) is 19.0 Å². The molecule has 0 bridgehead atoms. The van der Waals surface area contributed by atoms with Crippen LogP contribution in [0.25, 0.3) is 0 Å². The molecule has 0 radical (unpaired) electrons. The molecule has 2 amide bonds. The summed E-state index contributed by atoms with van der Waals surface area (Å²) in [6.07, 6.45) is 0. The van der Waals surface area contributed by atoms with Crippen molar-refractivity contribution in [1.29, 1.82) is 0 Å². The highest BCUT2D eigenvalue weighted by Crippen LogP contribution is 2.15. The standard InChI is InChI=1S/C12H14FN3O4/c13-9-7-8(11(17)18)1-2-10(9)14-12(19)15-16-3-5-20-6-4-16/h1-2,7H,3-6H2,(H,17,18)(H2,14,15,19). The van der Waals surface area contributed by atoms with Crippen LogP contribution >= 0.6 is 0 Å². The Balaban J connectivity index is 1.95. The number of carbonyl (C=O) groups excluding carboxylic acids is 1. The van der Waals surface area contributed by atoms with E-state index in [0.29, 0.717) is 26.3 Å². The third-order valence-corrected chi connectivity index (χ3v) is 2.73. The number of hydrogen-bond acceptors (Lipinski definition) is 4. The maximum atomic E-state index is 13.6. The number of nitrogens with one attached hydrogen (secondary N) is 2. The number of morpholine rings is 1. The molecule has 20 heavy (non-hydrogen) atoms. The lowest BCUT2D eigenvalue weighted by atomic mass is 10.2. The van der Waals surface area contributed by atoms with Gasteiger partial charge >= 0.3 is 12.0 Å². The minimum atomic E-state index is -1.23. The summed E-state index contributed by atoms with van der Waals surface area (Å²) >= 11 is 0. The predicted octanol–water partition coefficient (Wildman–Crippen LogP) is 0.893. The molecule has 1 aliphatic rings. The zero-order valence-electron chi connectivity index (χ0n) is 10.6. The lowest BCUT2D eigenvalue weighted by Gasteiger charge is -2.26. The number of benzene rings is 1. The van der Waals surface area contributed by atoms with Crippen molar-refractivity contribution in [1.82, 2.24) is 10.4 Å². The van der Waals surface area contributed by atoms with Gasteiger partial charge in [0.1, 0.15) is 5.82 Å². The minimum Gasteiger partial charge on any atom is -0.478 e. The van der Waals surface area contributed by atoms with Gasteiger partial charge in [0.2, 0.25) is 0 Å². The molecule has 3 N–H and O–H groups in total. The van der Waals surface area contributed by atoms with E-state index in [1.165, 1.54) is 12.1 Å². The Hall–Kier alpha value is -2.19. The molecule has 0 unspecified atom stereocenters. The van der Waals surface area contributed by atoms with Crippen LogP contribution in [0.2, 0.25) is 0 Å². The van der Waals surface area contributed by atoms with E-state index in [0.717, 1.165) is 6.07 Å². The predicted molar refractivity (Wildman–Crippen MR) is 67.9 cm³/mol. The highest BCUT2D eigenvalue weighted by Gasteiger charge is 2.15. The highest BCUT2D eigenvalue weighted by atomic mass is 19.1. The summed E-state index contributed by atoms with van der Waals surface area (Å²) in [5.74, 6) is -2.03. The number of rotatable bonds is 3. The summed E-state index contributed by atoms with van der Waals surface area (Å²) in [5, 5.41) is 12.7. The number of amides is 2. The van der Waals surface area contributed by atoms with Crippen LogP contribution in [0.3, 0.4) is 0 Å². The van der Waals surface area contributed by atoms with Crippen molar-refractivity contribution in [3.63, 3.8) is 0 Å². The quantitative estimate of drug-likeness (QED) is 0.766. The number of hydrazine groups is 1. The number of urea groups is 1. The normalized spacial score (nSPS) is 15.7. The molecule has 0 atom stereocenters. The Kier molecular flexibility index (Phi) is 4.49. The summed E-state index contributed by atoms with van der Waals surface area (Å²) in [4.78, 5) is 22.3. The molecule has 1 saturated heterocycles. The number of halogens is 1. The first kappa shape index (κ1) is 14.2. The second kappa shape index (κ2) is 6.31. The van der Waals surface area contributed by atoms with Crippen LogP contribution in [-0.4, -0.2) is 48.4 Å². The molecule has 2 rings (SSSR count). The summed E-state index contributed by atoms with van der Waals surface area (Å²) < 4.78 is 18.7. The first-order chi connectivity index (χ1) is 9.56. The van der Waals surface area contributed by atoms with Gasteiger partial charge in [0.25, 0.3) is 0 Å². The Labute approximate surface area is 114 Å². The van der Waals surface area contributed by atoms with E-state index in [1.54, 1.807) is 5.01 Å². The van der Waals surface area contributed by atoms with Gasteiger partial charge in [-0.2, -0.15) is 0 Å². The Bertz CT molecular complexity index is 517. The topological polar surface area (TPSA) is 90.9 Å². The van der Waals surface area contributed by atoms with Crippen LogP contribution in [0.1, 0.15) is 10.4 Å². The van der Waals surface area contributed by atoms with Gasteiger partial charge in [0.05, 0.1) is 24.5 Å². The fourth-order valence-electron chi connectivity index (χ4n) is 1.72. The Morgan fingerprint density at radius 2 is 2.00 bits per heavy atom. The first-order valence-corrected chi connectivity index (χ1v) is 5.99. The molecule has 1 aliphatic heterocycles. The number of nitrogens with zero attached hydrogens (tertiary/aromatic N) is 1. The Morgan fingerprint density at radius 3 is 2.60 bits per heavy atom. The largest absolute Gasteiger partial charge is 0.478 e. The van der Waals surface area contributed by atoms with E-state index in [9.17, 15) is 14.0 Å². The average Bonchev–Trinajstić information content (AvgIpc) is 2.42.